The molecule has 0 radical (unpaired) electrons. The third-order valence-corrected chi connectivity index (χ3v) is 7.28. The van der Waals surface area contributed by atoms with E-state index in [1.807, 2.05) is 76.7 Å². The van der Waals surface area contributed by atoms with Crippen LogP contribution in [0.15, 0.2) is 49.1 Å². The van der Waals surface area contributed by atoms with Crippen molar-refractivity contribution in [2.75, 3.05) is 11.9 Å². The van der Waals surface area contributed by atoms with Gasteiger partial charge in [-0.15, -0.1) is 5.10 Å². The Kier molecular flexibility index (Phi) is 8.63. The summed E-state index contributed by atoms with van der Waals surface area (Å²) in [7, 11) is 0. The largest absolute Gasteiger partial charge is 0.444 e. The molecule has 13 heteroatoms. The van der Waals surface area contributed by atoms with Crippen molar-refractivity contribution in [1.29, 1.82) is 0 Å². The lowest BCUT2D eigenvalue weighted by Gasteiger charge is -2.26. The molecule has 0 saturated carbocycles. The van der Waals surface area contributed by atoms with E-state index in [0.717, 1.165) is 22.4 Å². The molecule has 0 saturated heterocycles. The van der Waals surface area contributed by atoms with Crippen molar-refractivity contribution >= 4 is 23.6 Å². The number of carbonyl (C=O) groups excluding carboxylic acids is 2. The Morgan fingerprint density at radius 2 is 1.84 bits per heavy atom. The lowest BCUT2D eigenvalue weighted by Crippen LogP contribution is -2.37. The number of aromatic nitrogens is 7. The van der Waals surface area contributed by atoms with Crippen LogP contribution in [0.1, 0.15) is 95.5 Å². The highest BCUT2D eigenvalue weighted by Gasteiger charge is 2.30. The molecule has 0 bridgehead atoms. The van der Waals surface area contributed by atoms with E-state index in [2.05, 4.69) is 44.9 Å². The van der Waals surface area contributed by atoms with Crippen molar-refractivity contribution in [3.63, 3.8) is 0 Å². The third kappa shape index (κ3) is 7.65. The number of benzene rings is 1. The van der Waals surface area contributed by atoms with Gasteiger partial charge in [0.15, 0.2) is 5.69 Å². The summed E-state index contributed by atoms with van der Waals surface area (Å²) in [5, 5.41) is 19.0. The van der Waals surface area contributed by atoms with Gasteiger partial charge in [-0.3, -0.25) is 9.48 Å². The van der Waals surface area contributed by atoms with Crippen LogP contribution in [0.4, 0.5) is 16.4 Å². The summed E-state index contributed by atoms with van der Waals surface area (Å²) in [6, 6.07) is 7.68. The van der Waals surface area contributed by atoms with Crippen LogP contribution in [0.3, 0.4) is 0 Å². The zero-order chi connectivity index (χ0) is 32.5. The van der Waals surface area contributed by atoms with Crippen molar-refractivity contribution in [3.05, 3.63) is 65.9 Å². The standard InChI is InChI=1S/C32H42N10O3/c1-20(2)41-18-23(16-34-41)35-29-33-13-11-25(37-29)21-9-10-24-22(15-21)17-40(30(44)45-32(6,7)8)14-12-26(24)36-28(43)27-19-42(39-38-27)31(3,4)5/h9-11,13,15-16,18-20,26H,12,14,17H2,1-8H3,(H,36,43)(H,33,35,37)/t26-/m1/s1. The molecule has 1 aliphatic rings. The smallest absolute Gasteiger partial charge is 0.410 e. The molecule has 0 fully saturated rings. The molecular weight excluding hydrogens is 572 g/mol. The first-order valence-electron chi connectivity index (χ1n) is 15.2. The number of rotatable bonds is 6. The van der Waals surface area contributed by atoms with Gasteiger partial charge in [-0.2, -0.15) is 5.10 Å². The number of nitrogens with zero attached hydrogens (tertiary/aromatic N) is 8. The molecule has 3 aromatic heterocycles. The molecule has 0 aliphatic carbocycles. The van der Waals surface area contributed by atoms with Gasteiger partial charge in [0.2, 0.25) is 5.95 Å². The normalized spacial score (nSPS) is 15.4. The Morgan fingerprint density at radius 3 is 2.51 bits per heavy atom. The first-order valence-corrected chi connectivity index (χ1v) is 15.2. The quantitative estimate of drug-likeness (QED) is 0.282. The van der Waals surface area contributed by atoms with E-state index in [0.29, 0.717) is 31.2 Å². The fourth-order valence-electron chi connectivity index (χ4n) is 4.92. The van der Waals surface area contributed by atoms with E-state index < -0.39 is 11.7 Å². The summed E-state index contributed by atoms with van der Waals surface area (Å²) in [5.74, 6) is 0.109. The number of nitrogens with one attached hydrogen (secondary N) is 2. The van der Waals surface area contributed by atoms with Crippen molar-refractivity contribution < 1.29 is 14.3 Å². The maximum absolute atomic E-state index is 13.3. The fraction of sp³-hybridized carbons (Fsp3) is 0.469. The van der Waals surface area contributed by atoms with Gasteiger partial charge in [0, 0.05) is 37.1 Å². The second kappa shape index (κ2) is 12.3. The van der Waals surface area contributed by atoms with E-state index in [4.69, 9.17) is 9.72 Å². The summed E-state index contributed by atoms with van der Waals surface area (Å²) < 4.78 is 9.24. The lowest BCUT2D eigenvalue weighted by atomic mass is 9.96. The number of fused-ring (bicyclic) bond motifs is 1. The van der Waals surface area contributed by atoms with E-state index >= 15 is 0 Å². The Labute approximate surface area is 263 Å². The molecule has 238 valence electrons. The van der Waals surface area contributed by atoms with Crippen molar-refractivity contribution in [3.8, 4) is 11.3 Å². The highest BCUT2D eigenvalue weighted by molar-refractivity contribution is 5.92. The van der Waals surface area contributed by atoms with Crippen molar-refractivity contribution in [2.24, 2.45) is 0 Å². The van der Waals surface area contributed by atoms with E-state index in [1.54, 1.807) is 28.2 Å². The Bertz CT molecular complexity index is 1680. The highest BCUT2D eigenvalue weighted by atomic mass is 16.6. The van der Waals surface area contributed by atoms with Gasteiger partial charge >= 0.3 is 6.09 Å². The second-order valence-electron chi connectivity index (χ2n) is 13.5. The Hall–Kier alpha value is -4.81. The van der Waals surface area contributed by atoms with Gasteiger partial charge in [-0.25, -0.2) is 19.4 Å². The topological polar surface area (TPSA) is 145 Å². The Morgan fingerprint density at radius 1 is 1.07 bits per heavy atom. The molecule has 45 heavy (non-hydrogen) atoms. The number of amides is 2. The molecule has 0 spiro atoms. The first-order chi connectivity index (χ1) is 21.2. The van der Waals surface area contributed by atoms with Crippen LogP contribution < -0.4 is 10.6 Å². The van der Waals surface area contributed by atoms with Crippen molar-refractivity contribution in [1.82, 2.24) is 45.0 Å². The van der Waals surface area contributed by atoms with E-state index in [9.17, 15) is 9.59 Å². The molecular formula is C32H42N10O3. The zero-order valence-corrected chi connectivity index (χ0v) is 27.2. The molecule has 4 aromatic rings. The predicted octanol–water partition coefficient (Wildman–Crippen LogP) is 5.62. The molecule has 1 aromatic carbocycles. The fourth-order valence-corrected chi connectivity index (χ4v) is 4.92. The van der Waals surface area contributed by atoms with Crippen LogP contribution in [0.5, 0.6) is 0 Å². The Balaban J connectivity index is 1.44. The molecule has 2 N–H and O–H groups in total. The van der Waals surface area contributed by atoms with Crippen LogP contribution in [0.25, 0.3) is 11.3 Å². The lowest BCUT2D eigenvalue weighted by molar-refractivity contribution is 0.0234. The SMILES string of the molecule is CC(C)n1cc(Nc2nccc(-c3ccc4c(c3)CN(C(=O)OC(C)(C)C)CC[C@H]4NC(=O)c3cn(C(C)(C)C)nn3)n2)cn1. The number of carbonyl (C=O) groups is 2. The maximum atomic E-state index is 13.3. The molecule has 5 rings (SSSR count). The summed E-state index contributed by atoms with van der Waals surface area (Å²) in [6.45, 7) is 16.3. The summed E-state index contributed by atoms with van der Waals surface area (Å²) in [4.78, 5) is 37.3. The van der Waals surface area contributed by atoms with E-state index in [-0.39, 0.29) is 29.2 Å². The van der Waals surface area contributed by atoms with Crippen molar-refractivity contribution in [2.45, 2.75) is 91.6 Å². The van der Waals surface area contributed by atoms with Crippen LogP contribution in [-0.4, -0.2) is 63.8 Å². The molecule has 1 atom stereocenters. The zero-order valence-electron chi connectivity index (χ0n) is 27.2. The molecule has 0 unspecified atom stereocenters. The van der Waals surface area contributed by atoms with Gasteiger partial charge < -0.3 is 20.3 Å². The molecule has 2 amide bonds. The molecule has 1 aliphatic heterocycles. The van der Waals surface area contributed by atoms with Gasteiger partial charge in [-0.05, 0) is 85.1 Å². The minimum atomic E-state index is -0.642. The highest BCUT2D eigenvalue weighted by Crippen LogP contribution is 2.32. The predicted molar refractivity (Wildman–Crippen MR) is 170 cm³/mol. The number of anilines is 2. The van der Waals surface area contributed by atoms with Gasteiger partial charge in [0.1, 0.15) is 5.60 Å². The minimum Gasteiger partial charge on any atom is -0.444 e. The van der Waals surface area contributed by atoms with Crippen LogP contribution in [0.2, 0.25) is 0 Å². The number of hydrogen-bond acceptors (Lipinski definition) is 9. The van der Waals surface area contributed by atoms with Gasteiger partial charge in [-0.1, -0.05) is 17.3 Å². The van der Waals surface area contributed by atoms with Gasteiger partial charge in [0.05, 0.1) is 35.4 Å². The molecule has 4 heterocycles. The average molecular weight is 615 g/mol. The summed E-state index contributed by atoms with van der Waals surface area (Å²) >= 11 is 0. The third-order valence-electron chi connectivity index (χ3n) is 7.28. The van der Waals surface area contributed by atoms with Crippen LogP contribution in [-0.2, 0) is 16.8 Å². The van der Waals surface area contributed by atoms with Crippen LogP contribution >= 0.6 is 0 Å². The molecule has 13 nitrogen and oxygen atoms in total. The first kappa shape index (κ1) is 31.6. The maximum Gasteiger partial charge on any atom is 0.410 e. The van der Waals surface area contributed by atoms with Crippen LogP contribution in [0, 0.1) is 0 Å². The second-order valence-corrected chi connectivity index (χ2v) is 13.5. The number of ether oxygens (including phenoxy) is 1. The van der Waals surface area contributed by atoms with Gasteiger partial charge in [0.25, 0.3) is 5.91 Å². The average Bonchev–Trinajstić information content (AvgIpc) is 3.61. The summed E-state index contributed by atoms with van der Waals surface area (Å²) in [6.07, 6.45) is 7.08. The monoisotopic (exact) mass is 614 g/mol. The summed E-state index contributed by atoms with van der Waals surface area (Å²) in [5.41, 5.74) is 3.42. The minimum absolute atomic E-state index is 0.233. The number of hydrogen-bond donors (Lipinski definition) is 2. The van der Waals surface area contributed by atoms with E-state index in [1.165, 1.54) is 0 Å².